The Bertz CT molecular complexity index is 73.4. The molecule has 0 fully saturated rings. The summed E-state index contributed by atoms with van der Waals surface area (Å²) >= 11 is 0. The molecule has 0 heterocycles. The first-order valence-electron chi connectivity index (χ1n) is 1.40. The summed E-state index contributed by atoms with van der Waals surface area (Å²) in [5.74, 6) is 2.17. The van der Waals surface area contributed by atoms with Crippen molar-refractivity contribution in [3.63, 3.8) is 0 Å². The minimum atomic E-state index is -1.11. The van der Waals surface area contributed by atoms with Gasteiger partial charge >= 0.3 is 0 Å². The van der Waals surface area contributed by atoms with Gasteiger partial charge in [-0.05, 0) is 0 Å². The molecular weight excluding hydrogens is 99.0 g/mol. The summed E-state index contributed by atoms with van der Waals surface area (Å²) in [6, 6.07) is 0. The van der Waals surface area contributed by atoms with Crippen molar-refractivity contribution in [1.29, 1.82) is 0 Å². The lowest BCUT2D eigenvalue weighted by Crippen LogP contribution is -1.70. The predicted molar refractivity (Wildman–Crippen MR) is 25.2 cm³/mol. The van der Waals surface area contributed by atoms with Crippen LogP contribution in [-0.4, -0.2) is 6.61 Å². The first-order valence-corrected chi connectivity index (χ1v) is 2.35. The van der Waals surface area contributed by atoms with E-state index in [4.69, 9.17) is 6.42 Å². The predicted octanol–water partition coefficient (Wildman–Crippen LogP) is 0.307. The van der Waals surface area contributed by atoms with Crippen LogP contribution in [0.25, 0.3) is 0 Å². The highest BCUT2D eigenvalue weighted by Gasteiger charge is 1.65. The summed E-state index contributed by atoms with van der Waals surface area (Å²) in [7, 11) is -1.11. The lowest BCUT2D eigenvalue weighted by molar-refractivity contribution is 0.394. The van der Waals surface area contributed by atoms with Crippen LogP contribution in [0.3, 0.4) is 0 Å². The van der Waals surface area contributed by atoms with E-state index >= 15 is 0 Å². The quantitative estimate of drug-likeness (QED) is 0.286. The lowest BCUT2D eigenvalue weighted by Gasteiger charge is -1.77. The van der Waals surface area contributed by atoms with Crippen LogP contribution in [0.2, 0.25) is 0 Å². The van der Waals surface area contributed by atoms with Gasteiger partial charge in [0.1, 0.15) is 6.61 Å². The molecule has 0 saturated carbocycles. The Morgan fingerprint density at radius 3 is 2.83 bits per heavy atom. The van der Waals surface area contributed by atoms with E-state index in [1.165, 1.54) is 0 Å². The van der Waals surface area contributed by atoms with Crippen LogP contribution < -0.4 is 0 Å². The van der Waals surface area contributed by atoms with E-state index in [-0.39, 0.29) is 6.61 Å². The molecule has 6 heavy (non-hydrogen) atoms. The molecule has 0 aliphatic heterocycles. The van der Waals surface area contributed by atoms with E-state index in [2.05, 4.69) is 10.4 Å². The minimum absolute atomic E-state index is 0.166. The Balaban J connectivity index is 2.72. The fourth-order valence-corrected chi connectivity index (χ4v) is 0.246. The maximum Gasteiger partial charge on any atom is 0.180 e. The average molecular weight is 104 g/mol. The van der Waals surface area contributed by atoms with E-state index in [0.717, 1.165) is 0 Å². The summed E-state index contributed by atoms with van der Waals surface area (Å²) in [5.41, 5.74) is 0. The molecule has 34 valence electrons. The van der Waals surface area contributed by atoms with Crippen LogP contribution in [-0.2, 0) is 9.09 Å². The number of rotatable bonds is 2. The molecular formula is C3H5O2P. The van der Waals surface area contributed by atoms with Gasteiger partial charge in [-0.25, -0.2) is 0 Å². The third-order valence-corrected chi connectivity index (χ3v) is 0.537. The van der Waals surface area contributed by atoms with Crippen LogP contribution in [0.15, 0.2) is 0 Å². The third-order valence-electron chi connectivity index (χ3n) is 0.235. The highest BCUT2D eigenvalue weighted by molar-refractivity contribution is 7.17. The van der Waals surface area contributed by atoms with Crippen molar-refractivity contribution < 1.29 is 9.09 Å². The molecule has 0 rings (SSSR count). The first-order chi connectivity index (χ1) is 2.91. The zero-order valence-corrected chi connectivity index (χ0v) is 4.33. The molecule has 2 nitrogen and oxygen atoms in total. The smallest absolute Gasteiger partial charge is 0.180 e. The van der Waals surface area contributed by atoms with Gasteiger partial charge in [0, 0.05) is 0 Å². The van der Waals surface area contributed by atoms with Gasteiger partial charge in [-0.3, -0.25) is 4.57 Å². The van der Waals surface area contributed by atoms with Crippen molar-refractivity contribution in [2.75, 3.05) is 6.61 Å². The van der Waals surface area contributed by atoms with Crippen molar-refractivity contribution in [2.24, 2.45) is 0 Å². The summed E-state index contributed by atoms with van der Waals surface area (Å²) in [6.45, 7) is 0.166. The molecule has 0 aliphatic rings. The minimum Gasteiger partial charge on any atom is -0.319 e. The second kappa shape index (κ2) is 4.75. The third kappa shape index (κ3) is 3.75. The molecule has 0 aromatic rings. The largest absolute Gasteiger partial charge is 0.319 e. The van der Waals surface area contributed by atoms with Gasteiger partial charge in [-0.15, -0.1) is 6.42 Å². The summed E-state index contributed by atoms with van der Waals surface area (Å²) in [6.07, 6.45) is 4.71. The molecule has 0 radical (unpaired) electrons. The standard InChI is InChI=1S/C3H5O2P/c1-2-3-5-6-4/h1H,3,6H2. The summed E-state index contributed by atoms with van der Waals surface area (Å²) < 4.78 is 13.7. The van der Waals surface area contributed by atoms with Crippen LogP contribution >= 0.6 is 8.69 Å². The maximum atomic E-state index is 9.45. The van der Waals surface area contributed by atoms with Crippen LogP contribution in [0.5, 0.6) is 0 Å². The van der Waals surface area contributed by atoms with Crippen LogP contribution in [0.1, 0.15) is 0 Å². The Hall–Kier alpha value is -0.250. The number of terminal acetylenes is 1. The van der Waals surface area contributed by atoms with Crippen molar-refractivity contribution >= 4 is 8.69 Å². The molecule has 0 spiro atoms. The number of hydrogen-bond donors (Lipinski definition) is 0. The van der Waals surface area contributed by atoms with Crippen LogP contribution in [0, 0.1) is 12.3 Å². The molecule has 0 bridgehead atoms. The normalized spacial score (nSPS) is 9.17. The topological polar surface area (TPSA) is 26.3 Å². The Labute approximate surface area is 37.8 Å². The summed E-state index contributed by atoms with van der Waals surface area (Å²) in [5, 5.41) is 0. The molecule has 0 amide bonds. The van der Waals surface area contributed by atoms with Gasteiger partial charge in [-0.1, -0.05) is 5.92 Å². The van der Waals surface area contributed by atoms with Gasteiger partial charge in [0.25, 0.3) is 0 Å². The maximum absolute atomic E-state index is 9.45. The SMILES string of the molecule is C#CCO[PH2]=O. The molecule has 0 aromatic carbocycles. The Kier molecular flexibility index (Phi) is 4.55. The van der Waals surface area contributed by atoms with E-state index in [1.54, 1.807) is 0 Å². The second-order valence-corrected chi connectivity index (χ2v) is 1.14. The van der Waals surface area contributed by atoms with Crippen molar-refractivity contribution in [1.82, 2.24) is 0 Å². The lowest BCUT2D eigenvalue weighted by atomic mass is 10.8. The highest BCUT2D eigenvalue weighted by Crippen LogP contribution is 1.89. The average Bonchev–Trinajstić information content (AvgIpc) is 1.61. The van der Waals surface area contributed by atoms with E-state index in [0.29, 0.717) is 0 Å². The molecule has 0 saturated heterocycles. The van der Waals surface area contributed by atoms with Crippen molar-refractivity contribution in [3.05, 3.63) is 0 Å². The molecule has 1 unspecified atom stereocenters. The van der Waals surface area contributed by atoms with E-state index in [9.17, 15) is 4.57 Å². The monoisotopic (exact) mass is 104 g/mol. The van der Waals surface area contributed by atoms with Gasteiger partial charge in [0.2, 0.25) is 0 Å². The molecule has 3 heteroatoms. The Morgan fingerprint density at radius 2 is 2.67 bits per heavy atom. The van der Waals surface area contributed by atoms with Crippen LogP contribution in [0.4, 0.5) is 0 Å². The fourth-order valence-electron chi connectivity index (χ4n) is 0.0821. The van der Waals surface area contributed by atoms with Gasteiger partial charge in [0.05, 0.1) is 0 Å². The van der Waals surface area contributed by atoms with Gasteiger partial charge < -0.3 is 4.52 Å². The summed E-state index contributed by atoms with van der Waals surface area (Å²) in [4.78, 5) is 0. The van der Waals surface area contributed by atoms with Crippen molar-refractivity contribution in [3.8, 4) is 12.3 Å². The van der Waals surface area contributed by atoms with Gasteiger partial charge in [-0.2, -0.15) is 0 Å². The zero-order chi connectivity index (χ0) is 4.83. The number of hydrogen-bond acceptors (Lipinski definition) is 2. The molecule has 0 aromatic heterocycles. The van der Waals surface area contributed by atoms with Gasteiger partial charge in [0.15, 0.2) is 8.69 Å². The fraction of sp³-hybridized carbons (Fsp3) is 0.333. The Morgan fingerprint density at radius 1 is 2.00 bits per heavy atom. The second-order valence-electron chi connectivity index (χ2n) is 0.611. The first kappa shape index (κ1) is 5.75. The van der Waals surface area contributed by atoms with E-state index < -0.39 is 8.69 Å². The highest BCUT2D eigenvalue weighted by atomic mass is 31.1. The van der Waals surface area contributed by atoms with Crippen molar-refractivity contribution in [2.45, 2.75) is 0 Å². The molecule has 1 atom stereocenters. The van der Waals surface area contributed by atoms with E-state index in [1.807, 2.05) is 0 Å². The molecule has 0 aliphatic carbocycles. The molecule has 0 N–H and O–H groups in total. The zero-order valence-electron chi connectivity index (χ0n) is 3.18.